The zero-order valence-corrected chi connectivity index (χ0v) is 17.2. The van der Waals surface area contributed by atoms with Gasteiger partial charge < -0.3 is 19.0 Å². The summed E-state index contributed by atoms with van der Waals surface area (Å²) in [5.74, 6) is 2.44. The summed E-state index contributed by atoms with van der Waals surface area (Å²) in [6.07, 6.45) is 2.38. The monoisotopic (exact) mass is 427 g/mol. The summed E-state index contributed by atoms with van der Waals surface area (Å²) in [6, 6.07) is 17.9. The van der Waals surface area contributed by atoms with Crippen molar-refractivity contribution in [1.82, 2.24) is 25.0 Å². The van der Waals surface area contributed by atoms with Gasteiger partial charge in [0, 0.05) is 18.5 Å². The number of benzene rings is 2. The van der Waals surface area contributed by atoms with Crippen molar-refractivity contribution in [1.29, 1.82) is 0 Å². The fourth-order valence-electron chi connectivity index (χ4n) is 4.31. The van der Waals surface area contributed by atoms with E-state index >= 15 is 0 Å². The van der Waals surface area contributed by atoms with Crippen LogP contribution in [-0.2, 0) is 26.1 Å². The Kier molecular flexibility index (Phi) is 4.59. The second-order valence-electron chi connectivity index (χ2n) is 8.00. The summed E-state index contributed by atoms with van der Waals surface area (Å²) in [5, 5.41) is 15.9. The number of furan rings is 1. The summed E-state index contributed by atoms with van der Waals surface area (Å²) in [6.45, 7) is 1.09. The minimum atomic E-state index is -0.129. The van der Waals surface area contributed by atoms with Gasteiger partial charge in [-0.15, -0.1) is 0 Å². The lowest BCUT2D eigenvalue weighted by atomic mass is 10.0. The zero-order valence-electron chi connectivity index (χ0n) is 17.2. The number of nitrogens with zero attached hydrogens (tertiary/aromatic N) is 4. The fourth-order valence-corrected chi connectivity index (χ4v) is 4.31. The number of imidazole rings is 1. The van der Waals surface area contributed by atoms with Crippen LogP contribution in [0.15, 0.2) is 69.9 Å². The maximum absolute atomic E-state index is 9.31. The normalized spacial score (nSPS) is 16.5. The molecule has 8 nitrogen and oxygen atoms in total. The summed E-state index contributed by atoms with van der Waals surface area (Å²) in [4.78, 5) is 14.7. The molecule has 1 unspecified atom stereocenters. The van der Waals surface area contributed by atoms with Crippen molar-refractivity contribution in [2.24, 2.45) is 0 Å². The fraction of sp³-hybridized carbons (Fsp3) is 0.208. The van der Waals surface area contributed by atoms with E-state index in [1.165, 1.54) is 5.39 Å². The van der Waals surface area contributed by atoms with E-state index in [-0.39, 0.29) is 12.6 Å². The van der Waals surface area contributed by atoms with E-state index in [0.29, 0.717) is 37.0 Å². The summed E-state index contributed by atoms with van der Waals surface area (Å²) >= 11 is 0. The molecule has 0 bridgehead atoms. The molecule has 0 saturated carbocycles. The van der Waals surface area contributed by atoms with Crippen molar-refractivity contribution in [3.05, 3.63) is 89.7 Å². The van der Waals surface area contributed by atoms with Gasteiger partial charge in [-0.05, 0) is 29.0 Å². The average molecular weight is 427 g/mol. The number of aromatic amines is 1. The van der Waals surface area contributed by atoms with E-state index in [1.807, 2.05) is 24.3 Å². The van der Waals surface area contributed by atoms with E-state index in [9.17, 15) is 5.11 Å². The average Bonchev–Trinajstić information content (AvgIpc) is 3.58. The van der Waals surface area contributed by atoms with Gasteiger partial charge in [-0.1, -0.05) is 41.6 Å². The number of fused-ring (bicyclic) bond motifs is 2. The molecule has 4 heterocycles. The minimum Gasteiger partial charge on any atom is -0.462 e. The number of aromatic nitrogens is 4. The Morgan fingerprint density at radius 2 is 1.94 bits per heavy atom. The molecule has 3 aromatic heterocycles. The van der Waals surface area contributed by atoms with Crippen LogP contribution in [-0.4, -0.2) is 30.1 Å². The molecule has 2 N–H and O–H groups in total. The molecule has 2 aromatic carbocycles. The van der Waals surface area contributed by atoms with Crippen LogP contribution < -0.4 is 0 Å². The van der Waals surface area contributed by atoms with Gasteiger partial charge in [0.05, 0.1) is 30.3 Å². The minimum absolute atomic E-state index is 0.118. The molecule has 0 amide bonds. The van der Waals surface area contributed by atoms with Gasteiger partial charge in [0.1, 0.15) is 18.1 Å². The smallest absolute Gasteiger partial charge is 0.244 e. The number of aliphatic hydroxyl groups is 1. The van der Waals surface area contributed by atoms with Crippen molar-refractivity contribution in [2.45, 2.75) is 32.2 Å². The third-order valence-corrected chi connectivity index (χ3v) is 5.96. The SMILES string of the molecule is OCc1ccc(CN2Cc3[nH]cnc3CC2c2nc(-c3ccc4ccccc4c3)no2)o1. The molecule has 6 rings (SSSR count). The van der Waals surface area contributed by atoms with Gasteiger partial charge in [0.25, 0.3) is 0 Å². The second-order valence-corrected chi connectivity index (χ2v) is 8.00. The number of rotatable bonds is 5. The van der Waals surface area contributed by atoms with Crippen LogP contribution in [0, 0.1) is 0 Å². The highest BCUT2D eigenvalue weighted by molar-refractivity contribution is 5.86. The maximum Gasteiger partial charge on any atom is 0.244 e. The lowest BCUT2D eigenvalue weighted by Crippen LogP contribution is -2.34. The first kappa shape index (κ1) is 19.0. The van der Waals surface area contributed by atoms with Crippen LogP contribution in [0.25, 0.3) is 22.2 Å². The van der Waals surface area contributed by atoms with E-state index < -0.39 is 0 Å². The standard InChI is InChI=1S/C24H21N5O3/c30-13-19-8-7-18(31-19)11-29-12-21-20(25-14-26-21)10-22(29)24-27-23(28-32-24)17-6-5-15-3-1-2-4-16(15)9-17/h1-9,14,22,30H,10-13H2,(H,25,26). The second kappa shape index (κ2) is 7.74. The van der Waals surface area contributed by atoms with Crippen molar-refractivity contribution in [2.75, 3.05) is 0 Å². The lowest BCUT2D eigenvalue weighted by Gasteiger charge is -2.31. The van der Waals surface area contributed by atoms with Gasteiger partial charge in [-0.2, -0.15) is 4.98 Å². The number of aliphatic hydroxyl groups excluding tert-OH is 1. The highest BCUT2D eigenvalue weighted by Crippen LogP contribution is 2.34. The molecule has 0 radical (unpaired) electrons. The van der Waals surface area contributed by atoms with Gasteiger partial charge >= 0.3 is 0 Å². The molecule has 0 spiro atoms. The zero-order chi connectivity index (χ0) is 21.5. The van der Waals surface area contributed by atoms with Crippen LogP contribution in [0.1, 0.15) is 34.8 Å². The van der Waals surface area contributed by atoms with Crippen LogP contribution in [0.4, 0.5) is 0 Å². The van der Waals surface area contributed by atoms with Crippen LogP contribution in [0.2, 0.25) is 0 Å². The van der Waals surface area contributed by atoms with E-state index in [0.717, 1.165) is 28.1 Å². The molecule has 0 saturated heterocycles. The van der Waals surface area contributed by atoms with Crippen LogP contribution in [0.5, 0.6) is 0 Å². The lowest BCUT2D eigenvalue weighted by molar-refractivity contribution is 0.117. The Labute approximate surface area is 183 Å². The molecule has 5 aromatic rings. The van der Waals surface area contributed by atoms with Gasteiger partial charge in [-0.3, -0.25) is 4.90 Å². The van der Waals surface area contributed by atoms with E-state index in [4.69, 9.17) is 13.9 Å². The van der Waals surface area contributed by atoms with Gasteiger partial charge in [0.15, 0.2) is 0 Å². The van der Waals surface area contributed by atoms with Crippen LogP contribution in [0.3, 0.4) is 0 Å². The van der Waals surface area contributed by atoms with Crippen LogP contribution >= 0.6 is 0 Å². The number of nitrogens with one attached hydrogen (secondary N) is 1. The molecule has 1 aliphatic heterocycles. The van der Waals surface area contributed by atoms with Gasteiger partial charge in [0.2, 0.25) is 11.7 Å². The highest BCUT2D eigenvalue weighted by Gasteiger charge is 2.33. The maximum atomic E-state index is 9.31. The first-order valence-electron chi connectivity index (χ1n) is 10.5. The Balaban J connectivity index is 1.32. The number of hydrogen-bond acceptors (Lipinski definition) is 7. The van der Waals surface area contributed by atoms with E-state index in [1.54, 1.807) is 12.4 Å². The molecule has 0 fully saturated rings. The molecule has 8 heteroatoms. The summed E-state index contributed by atoms with van der Waals surface area (Å²) in [7, 11) is 0. The molecule has 1 aliphatic rings. The third-order valence-electron chi connectivity index (χ3n) is 5.96. The molecule has 1 atom stereocenters. The molecule has 160 valence electrons. The number of H-pyrrole nitrogens is 1. The van der Waals surface area contributed by atoms with Crippen molar-refractivity contribution >= 4 is 10.8 Å². The topological polar surface area (TPSA) is 104 Å². The molecule has 0 aliphatic carbocycles. The summed E-state index contributed by atoms with van der Waals surface area (Å²) in [5.41, 5.74) is 3.00. The van der Waals surface area contributed by atoms with Crippen molar-refractivity contribution in [3.8, 4) is 11.4 Å². The Hall–Kier alpha value is -3.75. The highest BCUT2D eigenvalue weighted by atomic mass is 16.5. The largest absolute Gasteiger partial charge is 0.462 e. The Morgan fingerprint density at radius 1 is 1.06 bits per heavy atom. The van der Waals surface area contributed by atoms with Gasteiger partial charge in [-0.25, -0.2) is 4.98 Å². The summed E-state index contributed by atoms with van der Waals surface area (Å²) < 4.78 is 11.5. The molecule has 32 heavy (non-hydrogen) atoms. The van der Waals surface area contributed by atoms with Crippen molar-refractivity contribution in [3.63, 3.8) is 0 Å². The predicted octanol–water partition coefficient (Wildman–Crippen LogP) is 4.00. The number of hydrogen-bond donors (Lipinski definition) is 2. The third kappa shape index (κ3) is 3.39. The molecular weight excluding hydrogens is 406 g/mol. The quantitative estimate of drug-likeness (QED) is 0.437. The van der Waals surface area contributed by atoms with E-state index in [2.05, 4.69) is 44.3 Å². The first-order valence-corrected chi connectivity index (χ1v) is 10.5. The Bertz CT molecular complexity index is 1390. The predicted molar refractivity (Wildman–Crippen MR) is 116 cm³/mol. The molecular formula is C24H21N5O3. The Morgan fingerprint density at radius 3 is 2.81 bits per heavy atom. The first-order chi connectivity index (χ1) is 15.8. The van der Waals surface area contributed by atoms with Crippen molar-refractivity contribution < 1.29 is 14.0 Å².